The SMILES string of the molecule is Cc1cc(C)c2nc(N/N=C/c3ccc(O)cc3)cc(C)c2c1. The Hall–Kier alpha value is -2.88. The van der Waals surface area contributed by atoms with Crippen LogP contribution < -0.4 is 5.43 Å². The Morgan fingerprint density at radius 1 is 1.00 bits per heavy atom. The van der Waals surface area contributed by atoms with Crippen molar-refractivity contribution in [1.82, 2.24) is 4.98 Å². The lowest BCUT2D eigenvalue weighted by molar-refractivity contribution is 0.475. The van der Waals surface area contributed by atoms with Gasteiger partial charge in [0.15, 0.2) is 0 Å². The number of aromatic nitrogens is 1. The van der Waals surface area contributed by atoms with E-state index < -0.39 is 0 Å². The van der Waals surface area contributed by atoms with Crippen molar-refractivity contribution in [2.75, 3.05) is 5.43 Å². The Labute approximate surface area is 135 Å². The van der Waals surface area contributed by atoms with Gasteiger partial charge in [-0.3, -0.25) is 5.43 Å². The van der Waals surface area contributed by atoms with Crippen LogP contribution in [-0.4, -0.2) is 16.3 Å². The summed E-state index contributed by atoms with van der Waals surface area (Å²) >= 11 is 0. The standard InChI is InChI=1S/C19H19N3O/c1-12-8-14(3)19-17(9-12)13(2)10-18(21-19)22-20-11-15-4-6-16(23)7-5-15/h4-11,23H,1-3H3,(H,21,22)/b20-11+. The predicted octanol–water partition coefficient (Wildman–Crippen LogP) is 4.31. The molecule has 0 aliphatic carbocycles. The minimum absolute atomic E-state index is 0.243. The van der Waals surface area contributed by atoms with Gasteiger partial charge in [0.25, 0.3) is 0 Å². The molecule has 0 bridgehead atoms. The van der Waals surface area contributed by atoms with Crippen molar-refractivity contribution in [2.45, 2.75) is 20.8 Å². The third kappa shape index (κ3) is 3.31. The summed E-state index contributed by atoms with van der Waals surface area (Å²) in [5, 5.41) is 14.7. The maximum Gasteiger partial charge on any atom is 0.147 e. The minimum Gasteiger partial charge on any atom is -0.508 e. The fourth-order valence-electron chi connectivity index (χ4n) is 2.64. The average molecular weight is 305 g/mol. The van der Waals surface area contributed by atoms with Gasteiger partial charge < -0.3 is 5.11 Å². The molecule has 116 valence electrons. The Balaban J connectivity index is 1.87. The van der Waals surface area contributed by atoms with E-state index in [-0.39, 0.29) is 5.75 Å². The molecule has 0 spiro atoms. The minimum atomic E-state index is 0.243. The van der Waals surface area contributed by atoms with E-state index in [1.54, 1.807) is 30.5 Å². The van der Waals surface area contributed by atoms with E-state index >= 15 is 0 Å². The maximum absolute atomic E-state index is 9.27. The summed E-state index contributed by atoms with van der Waals surface area (Å²) in [6.07, 6.45) is 1.70. The molecule has 2 N–H and O–H groups in total. The van der Waals surface area contributed by atoms with Crippen LogP contribution >= 0.6 is 0 Å². The summed E-state index contributed by atoms with van der Waals surface area (Å²) in [4.78, 5) is 4.66. The number of nitrogens with one attached hydrogen (secondary N) is 1. The second-order valence-electron chi connectivity index (χ2n) is 5.76. The van der Waals surface area contributed by atoms with Crippen LogP contribution in [0.4, 0.5) is 5.82 Å². The van der Waals surface area contributed by atoms with E-state index in [0.29, 0.717) is 0 Å². The van der Waals surface area contributed by atoms with Crippen LogP contribution in [0.5, 0.6) is 5.75 Å². The molecule has 0 aliphatic rings. The van der Waals surface area contributed by atoms with E-state index in [1.807, 2.05) is 6.07 Å². The molecule has 0 fully saturated rings. The lowest BCUT2D eigenvalue weighted by atomic mass is 10.0. The number of pyridine rings is 1. The van der Waals surface area contributed by atoms with Crippen LogP contribution in [0.15, 0.2) is 47.6 Å². The van der Waals surface area contributed by atoms with Gasteiger partial charge >= 0.3 is 0 Å². The summed E-state index contributed by atoms with van der Waals surface area (Å²) in [5.41, 5.74) is 8.45. The van der Waals surface area contributed by atoms with E-state index in [0.717, 1.165) is 22.5 Å². The first kappa shape index (κ1) is 15.0. The topological polar surface area (TPSA) is 57.5 Å². The van der Waals surface area contributed by atoms with Gasteiger partial charge in [-0.1, -0.05) is 11.6 Å². The van der Waals surface area contributed by atoms with Crippen LogP contribution in [0.1, 0.15) is 22.3 Å². The zero-order valence-corrected chi connectivity index (χ0v) is 13.5. The number of anilines is 1. The van der Waals surface area contributed by atoms with Gasteiger partial charge in [0.2, 0.25) is 0 Å². The third-order valence-corrected chi connectivity index (χ3v) is 3.74. The highest BCUT2D eigenvalue weighted by Gasteiger charge is 2.05. The molecule has 0 radical (unpaired) electrons. The van der Waals surface area contributed by atoms with Crippen molar-refractivity contribution in [2.24, 2.45) is 5.10 Å². The molecule has 1 heterocycles. The Morgan fingerprint density at radius 2 is 1.74 bits per heavy atom. The predicted molar refractivity (Wildman–Crippen MR) is 95.3 cm³/mol. The summed E-state index contributed by atoms with van der Waals surface area (Å²) in [6.45, 7) is 6.25. The largest absolute Gasteiger partial charge is 0.508 e. The van der Waals surface area contributed by atoms with Crippen molar-refractivity contribution < 1.29 is 5.11 Å². The molecule has 0 atom stereocenters. The number of rotatable bonds is 3. The molecule has 0 amide bonds. The number of hydrazone groups is 1. The average Bonchev–Trinajstić information content (AvgIpc) is 2.50. The van der Waals surface area contributed by atoms with Crippen molar-refractivity contribution in [1.29, 1.82) is 0 Å². The second kappa shape index (κ2) is 6.08. The lowest BCUT2D eigenvalue weighted by Gasteiger charge is -2.09. The quantitative estimate of drug-likeness (QED) is 0.560. The molecule has 1 aromatic heterocycles. The molecule has 4 nitrogen and oxygen atoms in total. The first-order valence-corrected chi connectivity index (χ1v) is 7.49. The number of fused-ring (bicyclic) bond motifs is 1. The van der Waals surface area contributed by atoms with Crippen LogP contribution in [0.2, 0.25) is 0 Å². The number of phenols is 1. The fourth-order valence-corrected chi connectivity index (χ4v) is 2.64. The van der Waals surface area contributed by atoms with Crippen molar-refractivity contribution in [3.05, 3.63) is 64.7 Å². The molecule has 3 aromatic rings. The van der Waals surface area contributed by atoms with Crippen molar-refractivity contribution >= 4 is 22.9 Å². The van der Waals surface area contributed by atoms with E-state index in [9.17, 15) is 5.11 Å². The Kier molecular flexibility index (Phi) is 3.98. The number of hydrogen-bond acceptors (Lipinski definition) is 4. The molecule has 0 unspecified atom stereocenters. The number of nitrogens with zero attached hydrogens (tertiary/aromatic N) is 2. The maximum atomic E-state index is 9.27. The van der Waals surface area contributed by atoms with Gasteiger partial charge in [-0.25, -0.2) is 4.98 Å². The zero-order valence-electron chi connectivity index (χ0n) is 13.5. The third-order valence-electron chi connectivity index (χ3n) is 3.74. The summed E-state index contributed by atoms with van der Waals surface area (Å²) in [7, 11) is 0. The van der Waals surface area contributed by atoms with Crippen LogP contribution in [0, 0.1) is 20.8 Å². The van der Waals surface area contributed by atoms with Gasteiger partial charge in [-0.2, -0.15) is 5.10 Å². The normalized spacial score (nSPS) is 11.3. The number of aryl methyl sites for hydroxylation is 3. The molecule has 4 heteroatoms. The Morgan fingerprint density at radius 3 is 2.48 bits per heavy atom. The van der Waals surface area contributed by atoms with Gasteiger partial charge in [-0.05, 0) is 73.9 Å². The highest BCUT2D eigenvalue weighted by molar-refractivity contribution is 5.87. The molecule has 0 saturated heterocycles. The molecule has 2 aromatic carbocycles. The van der Waals surface area contributed by atoms with Crippen LogP contribution in [0.3, 0.4) is 0 Å². The molecule has 0 aliphatic heterocycles. The van der Waals surface area contributed by atoms with Gasteiger partial charge in [-0.15, -0.1) is 0 Å². The molecule has 23 heavy (non-hydrogen) atoms. The second-order valence-corrected chi connectivity index (χ2v) is 5.76. The number of aromatic hydroxyl groups is 1. The molecular formula is C19H19N3O. The van der Waals surface area contributed by atoms with E-state index in [4.69, 9.17) is 0 Å². The molecule has 0 saturated carbocycles. The number of phenolic OH excluding ortho intramolecular Hbond substituents is 1. The summed E-state index contributed by atoms with van der Waals surface area (Å²) < 4.78 is 0. The van der Waals surface area contributed by atoms with Crippen LogP contribution in [0.25, 0.3) is 10.9 Å². The Bertz CT molecular complexity index is 883. The van der Waals surface area contributed by atoms with Crippen molar-refractivity contribution in [3.8, 4) is 5.75 Å². The number of benzene rings is 2. The fraction of sp³-hybridized carbons (Fsp3) is 0.158. The van der Waals surface area contributed by atoms with E-state index in [1.165, 1.54) is 16.5 Å². The summed E-state index contributed by atoms with van der Waals surface area (Å²) in [6, 6.07) is 13.2. The van der Waals surface area contributed by atoms with Crippen molar-refractivity contribution in [3.63, 3.8) is 0 Å². The van der Waals surface area contributed by atoms with Gasteiger partial charge in [0, 0.05) is 5.39 Å². The molecular weight excluding hydrogens is 286 g/mol. The van der Waals surface area contributed by atoms with E-state index in [2.05, 4.69) is 48.4 Å². The monoisotopic (exact) mass is 305 g/mol. The lowest BCUT2D eigenvalue weighted by Crippen LogP contribution is -1.97. The zero-order chi connectivity index (χ0) is 16.4. The highest BCUT2D eigenvalue weighted by Crippen LogP contribution is 2.24. The first-order chi connectivity index (χ1) is 11.0. The highest BCUT2D eigenvalue weighted by atomic mass is 16.3. The summed E-state index contributed by atoms with van der Waals surface area (Å²) in [5.74, 6) is 0.963. The van der Waals surface area contributed by atoms with Gasteiger partial charge in [0.1, 0.15) is 11.6 Å². The molecule has 3 rings (SSSR count). The van der Waals surface area contributed by atoms with Gasteiger partial charge in [0.05, 0.1) is 11.7 Å². The van der Waals surface area contributed by atoms with Crippen LogP contribution in [-0.2, 0) is 0 Å². The first-order valence-electron chi connectivity index (χ1n) is 7.49. The smallest absolute Gasteiger partial charge is 0.147 e. The number of hydrogen-bond donors (Lipinski definition) is 2.